The van der Waals surface area contributed by atoms with E-state index in [0.29, 0.717) is 50.6 Å². The lowest BCUT2D eigenvalue weighted by Gasteiger charge is -2.22. The van der Waals surface area contributed by atoms with Gasteiger partial charge in [-0.1, -0.05) is 5.21 Å². The maximum Gasteiger partial charge on any atom is 0.389 e. The standard InChI is InChI=1S/C24H27F3N8O2/c1-12-19(34(6)32-30-12)14-9-17-18(28-10-14)20-21(22(23(3,4)36)31-33(20)5)35(17)16(7-8-24(25,26)27)15-11-37-13(2)29-15/h9-11,16,36H,7-8H2,1-6H3. The zero-order valence-electron chi connectivity index (χ0n) is 21.3. The van der Waals surface area contributed by atoms with Crippen LogP contribution in [-0.2, 0) is 19.7 Å². The lowest BCUT2D eigenvalue weighted by molar-refractivity contribution is -0.136. The van der Waals surface area contributed by atoms with Crippen LogP contribution < -0.4 is 0 Å². The van der Waals surface area contributed by atoms with Gasteiger partial charge < -0.3 is 14.1 Å². The molecule has 0 saturated heterocycles. The summed E-state index contributed by atoms with van der Waals surface area (Å²) in [5, 5.41) is 23.7. The van der Waals surface area contributed by atoms with Gasteiger partial charge in [0.25, 0.3) is 0 Å². The van der Waals surface area contributed by atoms with E-state index >= 15 is 0 Å². The minimum atomic E-state index is -4.38. The molecule has 0 aliphatic rings. The van der Waals surface area contributed by atoms with E-state index in [2.05, 4.69) is 20.4 Å². The number of pyridine rings is 1. The highest BCUT2D eigenvalue weighted by Gasteiger charge is 2.35. The van der Waals surface area contributed by atoms with E-state index in [1.165, 1.54) is 6.26 Å². The van der Waals surface area contributed by atoms with Gasteiger partial charge in [-0.2, -0.15) is 18.3 Å². The Morgan fingerprint density at radius 1 is 1.11 bits per heavy atom. The first-order chi connectivity index (χ1) is 17.3. The molecule has 0 radical (unpaired) electrons. The zero-order chi connectivity index (χ0) is 26.9. The van der Waals surface area contributed by atoms with Crippen LogP contribution in [0.4, 0.5) is 13.2 Å². The molecule has 1 atom stereocenters. The molecule has 0 aliphatic carbocycles. The smallest absolute Gasteiger partial charge is 0.389 e. The normalized spacial score (nSPS) is 13.8. The number of aryl methyl sites for hydroxylation is 4. The summed E-state index contributed by atoms with van der Waals surface area (Å²) < 4.78 is 50.8. The molecule has 5 heterocycles. The number of nitrogens with zero attached hydrogens (tertiary/aromatic N) is 8. The van der Waals surface area contributed by atoms with Crippen molar-refractivity contribution in [3.05, 3.63) is 41.5 Å². The molecule has 10 nitrogen and oxygen atoms in total. The van der Waals surface area contributed by atoms with Crippen LogP contribution in [0.3, 0.4) is 0 Å². The SMILES string of the molecule is Cc1nc(C(CCC(F)(F)F)n2c3cc(-c4c(C)nnn4C)cnc3c3c2c(C(C)(C)O)nn3C)co1. The van der Waals surface area contributed by atoms with Crippen LogP contribution in [0.25, 0.3) is 33.3 Å². The van der Waals surface area contributed by atoms with Crippen LogP contribution in [-0.4, -0.2) is 50.6 Å². The second-order valence-electron chi connectivity index (χ2n) is 9.80. The number of rotatable bonds is 6. The predicted molar refractivity (Wildman–Crippen MR) is 129 cm³/mol. The van der Waals surface area contributed by atoms with Crippen LogP contribution in [0.15, 0.2) is 22.9 Å². The molecule has 0 spiro atoms. The molecule has 196 valence electrons. The molecule has 0 aromatic carbocycles. The van der Waals surface area contributed by atoms with Gasteiger partial charge in [0.15, 0.2) is 5.89 Å². The van der Waals surface area contributed by atoms with Crippen molar-refractivity contribution in [2.75, 3.05) is 0 Å². The van der Waals surface area contributed by atoms with Crippen molar-refractivity contribution in [2.24, 2.45) is 14.1 Å². The molecular formula is C24H27F3N8O2. The number of fused-ring (bicyclic) bond motifs is 3. The van der Waals surface area contributed by atoms with Crippen molar-refractivity contribution >= 4 is 22.1 Å². The average Bonchev–Trinajstić information content (AvgIpc) is 3.53. The van der Waals surface area contributed by atoms with E-state index < -0.39 is 24.2 Å². The topological polar surface area (TPSA) is 113 Å². The van der Waals surface area contributed by atoms with Crippen molar-refractivity contribution in [3.8, 4) is 11.3 Å². The Hall–Kier alpha value is -3.74. The molecule has 0 fully saturated rings. The molecule has 13 heteroatoms. The average molecular weight is 517 g/mol. The molecule has 5 rings (SSSR count). The monoisotopic (exact) mass is 516 g/mol. The minimum Gasteiger partial charge on any atom is -0.449 e. The van der Waals surface area contributed by atoms with Crippen LogP contribution in [0.2, 0.25) is 0 Å². The third-order valence-corrected chi connectivity index (χ3v) is 6.45. The van der Waals surface area contributed by atoms with Gasteiger partial charge in [-0.05, 0) is 33.3 Å². The number of oxazole rings is 1. The van der Waals surface area contributed by atoms with Gasteiger partial charge in [0, 0.05) is 39.2 Å². The number of aliphatic hydroxyl groups is 1. The molecule has 1 N–H and O–H groups in total. The molecule has 5 aromatic rings. The molecule has 37 heavy (non-hydrogen) atoms. The highest BCUT2D eigenvalue weighted by molar-refractivity contribution is 6.06. The Bertz CT molecular complexity index is 1600. The maximum atomic E-state index is 13.5. The molecule has 0 amide bonds. The number of hydrogen-bond acceptors (Lipinski definition) is 7. The molecular weight excluding hydrogens is 489 g/mol. The first kappa shape index (κ1) is 24.9. The quantitative estimate of drug-likeness (QED) is 0.354. The van der Waals surface area contributed by atoms with Crippen LogP contribution in [0.5, 0.6) is 0 Å². The maximum absolute atomic E-state index is 13.5. The van der Waals surface area contributed by atoms with E-state index in [1.807, 2.05) is 13.0 Å². The predicted octanol–water partition coefficient (Wildman–Crippen LogP) is 4.48. The Balaban J connectivity index is 1.88. The highest BCUT2D eigenvalue weighted by atomic mass is 19.4. The van der Waals surface area contributed by atoms with Crippen LogP contribution >= 0.6 is 0 Å². The van der Waals surface area contributed by atoms with Gasteiger partial charge in [-0.3, -0.25) is 9.67 Å². The highest BCUT2D eigenvalue weighted by Crippen LogP contribution is 2.41. The molecule has 1 unspecified atom stereocenters. The van der Waals surface area contributed by atoms with Crippen LogP contribution in [0.1, 0.15) is 55.7 Å². The van der Waals surface area contributed by atoms with E-state index in [-0.39, 0.29) is 6.42 Å². The van der Waals surface area contributed by atoms with Gasteiger partial charge >= 0.3 is 6.18 Å². The largest absolute Gasteiger partial charge is 0.449 e. The zero-order valence-corrected chi connectivity index (χ0v) is 21.3. The van der Waals surface area contributed by atoms with Gasteiger partial charge in [-0.15, -0.1) is 5.10 Å². The molecule has 0 saturated carbocycles. The summed E-state index contributed by atoms with van der Waals surface area (Å²) in [6.45, 7) is 6.64. The summed E-state index contributed by atoms with van der Waals surface area (Å²) in [5.74, 6) is 0.337. The fourth-order valence-corrected chi connectivity index (χ4v) is 4.91. The van der Waals surface area contributed by atoms with Crippen molar-refractivity contribution in [1.29, 1.82) is 0 Å². The number of hydrogen-bond donors (Lipinski definition) is 1. The number of alkyl halides is 3. The Kier molecular flexibility index (Phi) is 5.66. The van der Waals surface area contributed by atoms with E-state index in [0.717, 1.165) is 5.69 Å². The van der Waals surface area contributed by atoms with Gasteiger partial charge in [0.05, 0.1) is 28.5 Å². The lowest BCUT2D eigenvalue weighted by Crippen LogP contribution is -2.21. The molecule has 0 bridgehead atoms. The van der Waals surface area contributed by atoms with Gasteiger partial charge in [-0.25, -0.2) is 9.67 Å². The van der Waals surface area contributed by atoms with Crippen molar-refractivity contribution in [2.45, 2.75) is 58.4 Å². The molecule has 5 aromatic heterocycles. The lowest BCUT2D eigenvalue weighted by atomic mass is 10.0. The van der Waals surface area contributed by atoms with E-state index in [1.54, 1.807) is 55.0 Å². The summed E-state index contributed by atoms with van der Waals surface area (Å²) >= 11 is 0. The van der Waals surface area contributed by atoms with Crippen molar-refractivity contribution < 1.29 is 22.7 Å². The summed E-state index contributed by atoms with van der Waals surface area (Å²) in [6.07, 6.45) is -2.67. The fraction of sp³-hybridized carbons (Fsp3) is 0.458. The van der Waals surface area contributed by atoms with Crippen molar-refractivity contribution in [3.63, 3.8) is 0 Å². The third-order valence-electron chi connectivity index (χ3n) is 6.45. The van der Waals surface area contributed by atoms with Crippen LogP contribution in [0, 0.1) is 13.8 Å². The van der Waals surface area contributed by atoms with Gasteiger partial charge in [0.1, 0.15) is 34.3 Å². The first-order valence-electron chi connectivity index (χ1n) is 11.7. The Morgan fingerprint density at radius 2 is 1.84 bits per heavy atom. The fourth-order valence-electron chi connectivity index (χ4n) is 4.91. The second-order valence-corrected chi connectivity index (χ2v) is 9.80. The van der Waals surface area contributed by atoms with Crippen molar-refractivity contribution in [1.82, 2.24) is 39.3 Å². The Morgan fingerprint density at radius 3 is 2.41 bits per heavy atom. The number of aromatic nitrogens is 8. The third kappa shape index (κ3) is 4.26. The second kappa shape index (κ2) is 8.40. The minimum absolute atomic E-state index is 0.301. The van der Waals surface area contributed by atoms with E-state index in [9.17, 15) is 18.3 Å². The number of halogens is 3. The van der Waals surface area contributed by atoms with Gasteiger partial charge in [0.2, 0.25) is 0 Å². The Labute approximate surface area is 209 Å². The first-order valence-corrected chi connectivity index (χ1v) is 11.7. The summed E-state index contributed by atoms with van der Waals surface area (Å²) in [5.41, 5.74) is 3.58. The summed E-state index contributed by atoms with van der Waals surface area (Å²) in [6, 6.07) is 0.989. The summed E-state index contributed by atoms with van der Waals surface area (Å²) in [7, 11) is 3.48. The molecule has 0 aliphatic heterocycles. The van der Waals surface area contributed by atoms with E-state index in [4.69, 9.17) is 9.40 Å². The summed E-state index contributed by atoms with van der Waals surface area (Å²) in [4.78, 5) is 9.11.